The molecule has 0 saturated heterocycles. The second-order valence-corrected chi connectivity index (χ2v) is 6.08. The highest BCUT2D eigenvalue weighted by Gasteiger charge is 2.01. The predicted octanol–water partition coefficient (Wildman–Crippen LogP) is 7.50. The largest absolute Gasteiger partial charge is 0.372 e. The van der Waals surface area contributed by atoms with E-state index in [1.807, 2.05) is 36.4 Å². The summed E-state index contributed by atoms with van der Waals surface area (Å²) in [7, 11) is 0. The van der Waals surface area contributed by atoms with Gasteiger partial charge in [-0.05, 0) is 86.6 Å². The van der Waals surface area contributed by atoms with Crippen LogP contribution in [-0.4, -0.2) is 13.1 Å². The van der Waals surface area contributed by atoms with E-state index >= 15 is 0 Å². The van der Waals surface area contributed by atoms with E-state index in [0.717, 1.165) is 24.5 Å². The van der Waals surface area contributed by atoms with Crippen molar-refractivity contribution in [3.63, 3.8) is 0 Å². The number of azo groups is 2. The van der Waals surface area contributed by atoms with Gasteiger partial charge in [-0.2, -0.15) is 20.5 Å². The summed E-state index contributed by atoms with van der Waals surface area (Å²) in [6, 6.07) is 21.2. The lowest BCUT2D eigenvalue weighted by atomic mass is 10.2. The van der Waals surface area contributed by atoms with Crippen LogP contribution < -0.4 is 4.90 Å². The summed E-state index contributed by atoms with van der Waals surface area (Å²) in [5, 5.41) is 16.7. The van der Waals surface area contributed by atoms with Crippen LogP contribution in [0.4, 0.5) is 32.8 Å². The van der Waals surface area contributed by atoms with Crippen LogP contribution in [0.1, 0.15) is 13.8 Å². The Morgan fingerprint density at radius 3 is 1.25 bits per heavy atom. The Labute approximate surface area is 164 Å². The molecule has 0 heterocycles. The van der Waals surface area contributed by atoms with Crippen LogP contribution in [0.5, 0.6) is 0 Å². The second kappa shape index (κ2) is 9.50. The second-order valence-electron chi connectivity index (χ2n) is 6.08. The molecular formula is C22H22FN5. The van der Waals surface area contributed by atoms with Crippen molar-refractivity contribution in [1.82, 2.24) is 0 Å². The SMILES string of the molecule is CCN(CC)c1ccc(N=Nc2ccc(N=Nc3ccc(F)cc3)cc2)cc1. The molecule has 0 bridgehead atoms. The van der Waals surface area contributed by atoms with Gasteiger partial charge in [-0.3, -0.25) is 0 Å². The number of benzene rings is 3. The van der Waals surface area contributed by atoms with E-state index in [1.54, 1.807) is 12.1 Å². The van der Waals surface area contributed by atoms with Crippen LogP contribution in [0.15, 0.2) is 93.3 Å². The zero-order valence-corrected chi connectivity index (χ0v) is 16.0. The molecule has 0 spiro atoms. The predicted molar refractivity (Wildman–Crippen MR) is 111 cm³/mol. The van der Waals surface area contributed by atoms with Crippen molar-refractivity contribution < 1.29 is 4.39 Å². The molecule has 0 radical (unpaired) electrons. The van der Waals surface area contributed by atoms with Gasteiger partial charge in [0.25, 0.3) is 0 Å². The van der Waals surface area contributed by atoms with Crippen molar-refractivity contribution in [2.75, 3.05) is 18.0 Å². The van der Waals surface area contributed by atoms with Crippen LogP contribution in [0.25, 0.3) is 0 Å². The van der Waals surface area contributed by atoms with Gasteiger partial charge in [-0.15, -0.1) is 0 Å². The van der Waals surface area contributed by atoms with Crippen molar-refractivity contribution in [3.05, 3.63) is 78.6 Å². The van der Waals surface area contributed by atoms with Crippen LogP contribution in [0.3, 0.4) is 0 Å². The number of rotatable bonds is 7. The zero-order chi connectivity index (χ0) is 19.8. The summed E-state index contributed by atoms with van der Waals surface area (Å²) in [5.41, 5.74) is 3.99. The molecule has 0 aliphatic rings. The summed E-state index contributed by atoms with van der Waals surface area (Å²) in [6.07, 6.45) is 0. The third-order valence-electron chi connectivity index (χ3n) is 4.22. The van der Waals surface area contributed by atoms with Gasteiger partial charge in [0.1, 0.15) is 5.82 Å². The fourth-order valence-electron chi connectivity index (χ4n) is 2.64. The molecule has 0 saturated carbocycles. The van der Waals surface area contributed by atoms with Gasteiger partial charge in [0.2, 0.25) is 0 Å². The van der Waals surface area contributed by atoms with Crippen LogP contribution in [0, 0.1) is 5.82 Å². The molecule has 0 amide bonds. The maximum atomic E-state index is 12.9. The Kier molecular flexibility index (Phi) is 6.57. The molecule has 6 heteroatoms. The van der Waals surface area contributed by atoms with Crippen molar-refractivity contribution in [3.8, 4) is 0 Å². The van der Waals surface area contributed by atoms with Gasteiger partial charge < -0.3 is 4.90 Å². The normalized spacial score (nSPS) is 11.4. The van der Waals surface area contributed by atoms with E-state index in [1.165, 1.54) is 17.8 Å². The van der Waals surface area contributed by atoms with Gasteiger partial charge in [-0.1, -0.05) is 0 Å². The molecule has 0 N–H and O–H groups in total. The Balaban J connectivity index is 1.62. The van der Waals surface area contributed by atoms with Crippen molar-refractivity contribution in [2.45, 2.75) is 13.8 Å². The monoisotopic (exact) mass is 375 g/mol. The minimum Gasteiger partial charge on any atom is -0.372 e. The third kappa shape index (κ3) is 5.30. The first-order valence-electron chi connectivity index (χ1n) is 9.22. The van der Waals surface area contributed by atoms with E-state index in [-0.39, 0.29) is 5.82 Å². The Bertz CT molecular complexity index is 928. The fraction of sp³-hybridized carbons (Fsp3) is 0.182. The highest BCUT2D eigenvalue weighted by Crippen LogP contribution is 2.24. The summed E-state index contributed by atoms with van der Waals surface area (Å²) in [5.74, 6) is -0.295. The summed E-state index contributed by atoms with van der Waals surface area (Å²) in [6.45, 7) is 6.23. The minimum absolute atomic E-state index is 0.295. The molecule has 28 heavy (non-hydrogen) atoms. The molecule has 3 rings (SSSR count). The van der Waals surface area contributed by atoms with Gasteiger partial charge in [0, 0.05) is 18.8 Å². The molecule has 0 unspecified atom stereocenters. The zero-order valence-electron chi connectivity index (χ0n) is 16.0. The van der Waals surface area contributed by atoms with Crippen LogP contribution in [-0.2, 0) is 0 Å². The molecule has 3 aromatic carbocycles. The van der Waals surface area contributed by atoms with Gasteiger partial charge in [0.05, 0.1) is 22.7 Å². The average molecular weight is 375 g/mol. The molecule has 0 aromatic heterocycles. The van der Waals surface area contributed by atoms with Gasteiger partial charge in [-0.25, -0.2) is 4.39 Å². The maximum Gasteiger partial charge on any atom is 0.123 e. The average Bonchev–Trinajstić information content (AvgIpc) is 2.74. The minimum atomic E-state index is -0.295. The summed E-state index contributed by atoms with van der Waals surface area (Å²) in [4.78, 5) is 2.28. The highest BCUT2D eigenvalue weighted by molar-refractivity contribution is 5.53. The Morgan fingerprint density at radius 2 is 0.893 bits per heavy atom. The quantitative estimate of drug-likeness (QED) is 0.394. The summed E-state index contributed by atoms with van der Waals surface area (Å²) >= 11 is 0. The van der Waals surface area contributed by atoms with E-state index in [0.29, 0.717) is 11.4 Å². The van der Waals surface area contributed by atoms with Crippen molar-refractivity contribution >= 4 is 28.4 Å². The van der Waals surface area contributed by atoms with E-state index in [9.17, 15) is 4.39 Å². The molecule has 0 aliphatic carbocycles. The molecule has 0 atom stereocenters. The smallest absolute Gasteiger partial charge is 0.123 e. The Morgan fingerprint density at radius 1 is 0.571 bits per heavy atom. The Hall–Kier alpha value is -3.41. The molecular weight excluding hydrogens is 353 g/mol. The molecule has 5 nitrogen and oxygen atoms in total. The number of halogens is 1. The fourth-order valence-corrected chi connectivity index (χ4v) is 2.64. The van der Waals surface area contributed by atoms with E-state index in [2.05, 4.69) is 51.3 Å². The number of anilines is 1. The third-order valence-corrected chi connectivity index (χ3v) is 4.22. The van der Waals surface area contributed by atoms with Gasteiger partial charge in [0.15, 0.2) is 0 Å². The lowest BCUT2D eigenvalue weighted by molar-refractivity contribution is 0.628. The van der Waals surface area contributed by atoms with Crippen LogP contribution in [0.2, 0.25) is 0 Å². The molecule has 142 valence electrons. The first-order valence-corrected chi connectivity index (χ1v) is 9.22. The number of nitrogens with zero attached hydrogens (tertiary/aromatic N) is 5. The van der Waals surface area contributed by atoms with E-state index in [4.69, 9.17) is 0 Å². The number of hydrogen-bond acceptors (Lipinski definition) is 5. The topological polar surface area (TPSA) is 52.7 Å². The highest BCUT2D eigenvalue weighted by atomic mass is 19.1. The first-order chi connectivity index (χ1) is 13.7. The van der Waals surface area contributed by atoms with Crippen molar-refractivity contribution in [2.24, 2.45) is 20.5 Å². The molecule has 3 aromatic rings. The lowest BCUT2D eigenvalue weighted by Gasteiger charge is -2.20. The first kappa shape index (κ1) is 19.4. The molecule has 0 fully saturated rings. The van der Waals surface area contributed by atoms with E-state index < -0.39 is 0 Å². The van der Waals surface area contributed by atoms with Crippen molar-refractivity contribution in [1.29, 1.82) is 0 Å². The maximum absolute atomic E-state index is 12.9. The van der Waals surface area contributed by atoms with Crippen LogP contribution >= 0.6 is 0 Å². The summed E-state index contributed by atoms with van der Waals surface area (Å²) < 4.78 is 12.9. The standard InChI is InChI=1S/C22H22FN5/c1-3-28(4-2)22-15-13-21(14-16-22)27-26-20-11-9-19(10-12-20)25-24-18-7-5-17(23)6-8-18/h5-16H,3-4H2,1-2H3. The molecule has 0 aliphatic heterocycles. The van der Waals surface area contributed by atoms with Gasteiger partial charge >= 0.3 is 0 Å². The number of hydrogen-bond donors (Lipinski definition) is 0. The lowest BCUT2D eigenvalue weighted by Crippen LogP contribution is -2.21.